The fourth-order valence-electron chi connectivity index (χ4n) is 2.53. The van der Waals surface area contributed by atoms with Gasteiger partial charge in [-0.3, -0.25) is 4.79 Å². The highest BCUT2D eigenvalue weighted by Gasteiger charge is 2.27. The molecule has 1 fully saturated rings. The van der Waals surface area contributed by atoms with Gasteiger partial charge >= 0.3 is 6.09 Å². The number of carbonyl (C=O) groups is 2. The lowest BCUT2D eigenvalue weighted by atomic mass is 10.1. The Hall–Kier alpha value is -2.30. The van der Waals surface area contributed by atoms with E-state index in [2.05, 4.69) is 0 Å². The number of hydrogen-bond donors (Lipinski definition) is 0. The van der Waals surface area contributed by atoms with Crippen LogP contribution in [0.15, 0.2) is 35.9 Å². The number of nitrogens with zero attached hydrogens (tertiary/aromatic N) is 2. The molecule has 0 spiro atoms. The zero-order valence-corrected chi connectivity index (χ0v) is 14.9. The summed E-state index contributed by atoms with van der Waals surface area (Å²) in [5.74, 6) is 0.0164. The second-order valence-electron chi connectivity index (χ2n) is 7.00. The standard InChI is InChI=1S/C19H26N2O3/c1-15(14-16-8-6-5-7-9-16)17(22)20-10-12-21(13-11-20)18(23)24-19(2,3)4/h5-9,14H,10-13H2,1-4H3/b15-14+. The normalized spacial score (nSPS) is 16.1. The maximum absolute atomic E-state index is 12.5. The van der Waals surface area contributed by atoms with Crippen molar-refractivity contribution in [3.8, 4) is 0 Å². The van der Waals surface area contributed by atoms with Crippen LogP contribution >= 0.6 is 0 Å². The number of amides is 2. The monoisotopic (exact) mass is 330 g/mol. The first-order valence-electron chi connectivity index (χ1n) is 8.27. The molecule has 0 unspecified atom stereocenters. The molecular weight excluding hydrogens is 304 g/mol. The Morgan fingerprint density at radius 2 is 1.54 bits per heavy atom. The second kappa shape index (κ2) is 7.51. The average molecular weight is 330 g/mol. The van der Waals surface area contributed by atoms with Gasteiger partial charge in [0, 0.05) is 31.8 Å². The van der Waals surface area contributed by atoms with Gasteiger partial charge in [-0.15, -0.1) is 0 Å². The van der Waals surface area contributed by atoms with Crippen LogP contribution in [0.2, 0.25) is 0 Å². The van der Waals surface area contributed by atoms with E-state index in [1.807, 2.05) is 64.1 Å². The molecule has 0 aliphatic carbocycles. The largest absolute Gasteiger partial charge is 0.444 e. The zero-order valence-electron chi connectivity index (χ0n) is 14.9. The predicted molar refractivity (Wildman–Crippen MR) is 94.5 cm³/mol. The van der Waals surface area contributed by atoms with E-state index in [0.29, 0.717) is 31.8 Å². The summed E-state index contributed by atoms with van der Waals surface area (Å²) in [5, 5.41) is 0. The number of carbonyl (C=O) groups excluding carboxylic acids is 2. The minimum absolute atomic E-state index is 0.0164. The molecule has 0 saturated carbocycles. The molecule has 0 bridgehead atoms. The summed E-state index contributed by atoms with van der Waals surface area (Å²) in [6, 6.07) is 9.78. The molecule has 1 heterocycles. The van der Waals surface area contributed by atoms with Gasteiger partial charge in [0.25, 0.3) is 0 Å². The van der Waals surface area contributed by atoms with Gasteiger partial charge < -0.3 is 14.5 Å². The molecular formula is C19H26N2O3. The van der Waals surface area contributed by atoms with E-state index >= 15 is 0 Å². The van der Waals surface area contributed by atoms with E-state index in [9.17, 15) is 9.59 Å². The molecule has 1 aliphatic heterocycles. The second-order valence-corrected chi connectivity index (χ2v) is 7.00. The summed E-state index contributed by atoms with van der Waals surface area (Å²) in [4.78, 5) is 28.0. The molecule has 1 aliphatic rings. The summed E-state index contributed by atoms with van der Waals surface area (Å²) in [6.45, 7) is 9.43. The lowest BCUT2D eigenvalue weighted by molar-refractivity contribution is -0.128. The lowest BCUT2D eigenvalue weighted by Crippen LogP contribution is -2.51. The highest BCUT2D eigenvalue weighted by molar-refractivity contribution is 5.97. The van der Waals surface area contributed by atoms with E-state index in [-0.39, 0.29) is 12.0 Å². The Kier molecular flexibility index (Phi) is 5.65. The minimum Gasteiger partial charge on any atom is -0.444 e. The van der Waals surface area contributed by atoms with E-state index in [1.54, 1.807) is 9.80 Å². The number of rotatable bonds is 2. The van der Waals surface area contributed by atoms with Gasteiger partial charge in [-0.1, -0.05) is 30.3 Å². The number of ether oxygens (including phenoxy) is 1. The molecule has 1 aromatic carbocycles. The van der Waals surface area contributed by atoms with Gasteiger partial charge in [-0.2, -0.15) is 0 Å². The van der Waals surface area contributed by atoms with Crippen molar-refractivity contribution in [3.05, 3.63) is 41.5 Å². The van der Waals surface area contributed by atoms with E-state index in [4.69, 9.17) is 4.74 Å². The molecule has 0 radical (unpaired) electrons. The van der Waals surface area contributed by atoms with Crippen molar-refractivity contribution >= 4 is 18.1 Å². The van der Waals surface area contributed by atoms with Crippen LogP contribution in [-0.2, 0) is 9.53 Å². The molecule has 5 nitrogen and oxygen atoms in total. The maximum Gasteiger partial charge on any atom is 0.410 e. The zero-order chi connectivity index (χ0) is 17.7. The van der Waals surface area contributed by atoms with Crippen LogP contribution < -0.4 is 0 Å². The quantitative estimate of drug-likeness (QED) is 0.783. The Bertz CT molecular complexity index is 609. The summed E-state index contributed by atoms with van der Waals surface area (Å²) < 4.78 is 5.37. The van der Waals surface area contributed by atoms with Gasteiger partial charge in [0.05, 0.1) is 0 Å². The lowest BCUT2D eigenvalue weighted by Gasteiger charge is -2.35. The first-order valence-corrected chi connectivity index (χ1v) is 8.27. The van der Waals surface area contributed by atoms with Crippen LogP contribution in [0, 0.1) is 0 Å². The topological polar surface area (TPSA) is 49.9 Å². The van der Waals surface area contributed by atoms with Crippen molar-refractivity contribution in [2.24, 2.45) is 0 Å². The molecule has 5 heteroatoms. The van der Waals surface area contributed by atoms with E-state index < -0.39 is 5.60 Å². The third-order valence-corrected chi connectivity index (χ3v) is 3.74. The first-order chi connectivity index (χ1) is 11.3. The van der Waals surface area contributed by atoms with Crippen LogP contribution in [0.3, 0.4) is 0 Å². The van der Waals surface area contributed by atoms with Crippen molar-refractivity contribution in [3.63, 3.8) is 0 Å². The molecule has 1 aromatic rings. The fraction of sp³-hybridized carbons (Fsp3) is 0.474. The Morgan fingerprint density at radius 1 is 1.00 bits per heavy atom. The van der Waals surface area contributed by atoms with E-state index in [1.165, 1.54) is 0 Å². The van der Waals surface area contributed by atoms with Gasteiger partial charge in [-0.25, -0.2) is 4.79 Å². The van der Waals surface area contributed by atoms with E-state index in [0.717, 1.165) is 5.56 Å². The van der Waals surface area contributed by atoms with Gasteiger partial charge in [0.1, 0.15) is 5.60 Å². The van der Waals surface area contributed by atoms with Crippen LogP contribution in [-0.4, -0.2) is 53.6 Å². The molecule has 24 heavy (non-hydrogen) atoms. The number of benzene rings is 1. The summed E-state index contributed by atoms with van der Waals surface area (Å²) in [6.07, 6.45) is 1.58. The average Bonchev–Trinajstić information content (AvgIpc) is 2.53. The fourth-order valence-corrected chi connectivity index (χ4v) is 2.53. The molecule has 2 rings (SSSR count). The van der Waals surface area contributed by atoms with Gasteiger partial charge in [0.2, 0.25) is 5.91 Å². The van der Waals surface area contributed by atoms with Crippen LogP contribution in [0.1, 0.15) is 33.3 Å². The Balaban J connectivity index is 1.91. The Labute approximate surface area is 143 Å². The maximum atomic E-state index is 12.5. The van der Waals surface area contributed by atoms with Gasteiger partial charge in [0.15, 0.2) is 0 Å². The number of hydrogen-bond acceptors (Lipinski definition) is 3. The van der Waals surface area contributed by atoms with Crippen molar-refractivity contribution in [1.29, 1.82) is 0 Å². The van der Waals surface area contributed by atoms with Crippen LogP contribution in [0.4, 0.5) is 4.79 Å². The molecule has 130 valence electrons. The highest BCUT2D eigenvalue weighted by Crippen LogP contribution is 2.14. The first kappa shape index (κ1) is 18.0. The van der Waals surface area contributed by atoms with Gasteiger partial charge in [-0.05, 0) is 39.3 Å². The molecule has 0 atom stereocenters. The van der Waals surface area contributed by atoms with Crippen molar-refractivity contribution in [1.82, 2.24) is 9.80 Å². The summed E-state index contributed by atoms with van der Waals surface area (Å²) in [5.41, 5.74) is 1.21. The predicted octanol–water partition coefficient (Wildman–Crippen LogP) is 3.17. The van der Waals surface area contributed by atoms with Crippen LogP contribution in [0.5, 0.6) is 0 Å². The Morgan fingerprint density at radius 3 is 2.08 bits per heavy atom. The molecule has 1 saturated heterocycles. The van der Waals surface area contributed by atoms with Crippen molar-refractivity contribution in [2.45, 2.75) is 33.3 Å². The molecule has 2 amide bonds. The highest BCUT2D eigenvalue weighted by atomic mass is 16.6. The van der Waals surface area contributed by atoms with Crippen LogP contribution in [0.25, 0.3) is 6.08 Å². The summed E-state index contributed by atoms with van der Waals surface area (Å²) >= 11 is 0. The molecule has 0 aromatic heterocycles. The number of piperazine rings is 1. The smallest absolute Gasteiger partial charge is 0.410 e. The third-order valence-electron chi connectivity index (χ3n) is 3.74. The third kappa shape index (κ3) is 5.11. The van der Waals surface area contributed by atoms with Crippen molar-refractivity contribution < 1.29 is 14.3 Å². The van der Waals surface area contributed by atoms with Crippen molar-refractivity contribution in [2.75, 3.05) is 26.2 Å². The SMILES string of the molecule is C/C(=C\c1ccccc1)C(=O)N1CCN(C(=O)OC(C)(C)C)CC1. The minimum atomic E-state index is -0.501. The molecule has 0 N–H and O–H groups in total. The summed E-state index contributed by atoms with van der Waals surface area (Å²) in [7, 11) is 0.